The van der Waals surface area contributed by atoms with Crippen molar-refractivity contribution in [1.29, 1.82) is 0 Å². The van der Waals surface area contributed by atoms with Gasteiger partial charge in [0.15, 0.2) is 11.4 Å². The molecule has 0 bridgehead atoms. The van der Waals surface area contributed by atoms with Gasteiger partial charge in [0.1, 0.15) is 17.3 Å². The molecule has 4 aromatic rings. The van der Waals surface area contributed by atoms with Crippen molar-refractivity contribution >= 4 is 17.1 Å². The molecule has 1 aliphatic carbocycles. The molecule has 170 valence electrons. The Bertz CT molecular complexity index is 1340. The van der Waals surface area contributed by atoms with Crippen LogP contribution in [0.15, 0.2) is 23.0 Å². The maximum atomic E-state index is 6.27. The summed E-state index contributed by atoms with van der Waals surface area (Å²) in [4.78, 5) is 21.3. The zero-order valence-electron chi connectivity index (χ0n) is 19.2. The Morgan fingerprint density at radius 1 is 1.00 bits per heavy atom. The Hall–Kier alpha value is -3.40. The van der Waals surface area contributed by atoms with E-state index in [0.29, 0.717) is 47.7 Å². The van der Waals surface area contributed by atoms with Gasteiger partial charge >= 0.3 is 0 Å². The van der Waals surface area contributed by atoms with Gasteiger partial charge < -0.3 is 14.2 Å². The highest BCUT2D eigenvalue weighted by atomic mass is 16.5. The van der Waals surface area contributed by atoms with Gasteiger partial charge in [-0.3, -0.25) is 4.68 Å². The normalized spacial score (nSPS) is 21.2. The van der Waals surface area contributed by atoms with E-state index in [4.69, 9.17) is 29.2 Å². The average Bonchev–Trinajstić information content (AvgIpc) is 3.35. The van der Waals surface area contributed by atoms with Gasteiger partial charge in [0.2, 0.25) is 5.95 Å². The lowest BCUT2D eigenvalue weighted by Crippen LogP contribution is -2.43. The maximum absolute atomic E-state index is 6.27. The molecule has 0 unspecified atom stereocenters. The highest BCUT2D eigenvalue weighted by Crippen LogP contribution is 2.36. The predicted octanol–water partition coefficient (Wildman–Crippen LogP) is 3.50. The van der Waals surface area contributed by atoms with Crippen LogP contribution in [0.5, 0.6) is 0 Å². The number of rotatable bonds is 4. The number of nitrogens with zero attached hydrogens (tertiary/aromatic N) is 8. The number of anilines is 1. The molecule has 2 aliphatic rings. The van der Waals surface area contributed by atoms with Gasteiger partial charge in [-0.25, -0.2) is 15.0 Å². The molecule has 4 aromatic heterocycles. The third kappa shape index (κ3) is 3.74. The van der Waals surface area contributed by atoms with E-state index in [1.54, 1.807) is 0 Å². The van der Waals surface area contributed by atoms with E-state index in [1.807, 2.05) is 33.0 Å². The minimum absolute atomic E-state index is 0.00846. The van der Waals surface area contributed by atoms with Gasteiger partial charge in [0, 0.05) is 24.4 Å². The summed E-state index contributed by atoms with van der Waals surface area (Å²) < 4.78 is 13.9. The second kappa shape index (κ2) is 7.58. The third-order valence-corrected chi connectivity index (χ3v) is 6.25. The van der Waals surface area contributed by atoms with Gasteiger partial charge in [-0.15, -0.1) is 0 Å². The molecule has 1 saturated carbocycles. The zero-order valence-corrected chi connectivity index (χ0v) is 19.2. The van der Waals surface area contributed by atoms with Crippen LogP contribution in [-0.4, -0.2) is 54.1 Å². The topological polar surface area (TPSA) is 108 Å². The summed E-state index contributed by atoms with van der Waals surface area (Å²) in [6.07, 6.45) is 6.32. The molecule has 1 aliphatic heterocycles. The summed E-state index contributed by atoms with van der Waals surface area (Å²) in [5.41, 5.74) is 5.30. The van der Waals surface area contributed by atoms with Gasteiger partial charge in [-0.2, -0.15) is 10.1 Å². The molecular formula is C23H26N8O2. The van der Waals surface area contributed by atoms with Crippen molar-refractivity contribution in [1.82, 2.24) is 34.9 Å². The molecule has 0 radical (unpaired) electrons. The summed E-state index contributed by atoms with van der Waals surface area (Å²) >= 11 is 0. The standard InChI is InChI=1S/C23H26N8O2/c1-12-7-18(33-29-12)20-21-22(26-15(4)14(3)25-21)28-23(27-20)30-9-13(2)32-19(11-30)16-8-24-31(10-16)17-5-6-17/h7-8,10,13,17,19H,5-6,9,11H2,1-4H3/t13-,19+/m1/s1. The van der Waals surface area contributed by atoms with E-state index in [-0.39, 0.29) is 12.2 Å². The summed E-state index contributed by atoms with van der Waals surface area (Å²) in [5, 5.41) is 8.58. The van der Waals surface area contributed by atoms with Crippen molar-refractivity contribution in [2.24, 2.45) is 0 Å². The number of hydrogen-bond donors (Lipinski definition) is 0. The van der Waals surface area contributed by atoms with Crippen LogP contribution < -0.4 is 4.90 Å². The first-order valence-electron chi connectivity index (χ1n) is 11.4. The van der Waals surface area contributed by atoms with Crippen molar-refractivity contribution in [2.45, 2.75) is 58.8 Å². The fraction of sp³-hybridized carbons (Fsp3) is 0.478. The summed E-state index contributed by atoms with van der Waals surface area (Å²) in [5.74, 6) is 1.14. The second-order valence-corrected chi connectivity index (χ2v) is 9.10. The lowest BCUT2D eigenvalue weighted by molar-refractivity contribution is -0.0178. The fourth-order valence-corrected chi connectivity index (χ4v) is 4.25. The molecular weight excluding hydrogens is 420 g/mol. The second-order valence-electron chi connectivity index (χ2n) is 9.10. The molecule has 5 heterocycles. The van der Waals surface area contributed by atoms with Crippen LogP contribution in [-0.2, 0) is 4.74 Å². The van der Waals surface area contributed by atoms with Gasteiger partial charge in [0.05, 0.1) is 42.0 Å². The first-order chi connectivity index (χ1) is 15.9. The van der Waals surface area contributed by atoms with E-state index in [1.165, 1.54) is 12.8 Å². The minimum atomic E-state index is -0.109. The smallest absolute Gasteiger partial charge is 0.228 e. The van der Waals surface area contributed by atoms with Crippen molar-refractivity contribution in [3.8, 4) is 11.5 Å². The lowest BCUT2D eigenvalue weighted by atomic mass is 10.1. The van der Waals surface area contributed by atoms with Crippen LogP contribution in [0.3, 0.4) is 0 Å². The Kier molecular flexibility index (Phi) is 4.65. The van der Waals surface area contributed by atoms with Gasteiger partial charge in [0.25, 0.3) is 0 Å². The number of fused-ring (bicyclic) bond motifs is 1. The van der Waals surface area contributed by atoms with Crippen molar-refractivity contribution in [3.63, 3.8) is 0 Å². The molecule has 0 aromatic carbocycles. The monoisotopic (exact) mass is 446 g/mol. The van der Waals surface area contributed by atoms with Crippen LogP contribution in [0.1, 0.15) is 54.6 Å². The van der Waals surface area contributed by atoms with Crippen molar-refractivity contribution in [3.05, 3.63) is 41.1 Å². The van der Waals surface area contributed by atoms with E-state index in [9.17, 15) is 0 Å². The maximum Gasteiger partial charge on any atom is 0.228 e. The summed E-state index contributed by atoms with van der Waals surface area (Å²) in [6.45, 7) is 9.12. The van der Waals surface area contributed by atoms with E-state index in [2.05, 4.69) is 33.0 Å². The lowest BCUT2D eigenvalue weighted by Gasteiger charge is -2.36. The van der Waals surface area contributed by atoms with Crippen LogP contribution in [0.25, 0.3) is 22.6 Å². The molecule has 10 nitrogen and oxygen atoms in total. The molecule has 0 N–H and O–H groups in total. The minimum Gasteiger partial charge on any atom is -0.367 e. The summed E-state index contributed by atoms with van der Waals surface area (Å²) in [6, 6.07) is 2.40. The van der Waals surface area contributed by atoms with Crippen molar-refractivity contribution in [2.75, 3.05) is 18.0 Å². The number of morpholine rings is 1. The number of ether oxygens (including phenoxy) is 1. The van der Waals surface area contributed by atoms with E-state index < -0.39 is 0 Å². The molecule has 33 heavy (non-hydrogen) atoms. The highest BCUT2D eigenvalue weighted by molar-refractivity contribution is 5.86. The van der Waals surface area contributed by atoms with Gasteiger partial charge in [-0.1, -0.05) is 5.16 Å². The summed E-state index contributed by atoms with van der Waals surface area (Å²) in [7, 11) is 0. The first-order valence-corrected chi connectivity index (χ1v) is 11.4. The van der Waals surface area contributed by atoms with Crippen LogP contribution >= 0.6 is 0 Å². The Morgan fingerprint density at radius 2 is 1.82 bits per heavy atom. The van der Waals surface area contributed by atoms with Gasteiger partial charge in [-0.05, 0) is 40.5 Å². The van der Waals surface area contributed by atoms with Crippen LogP contribution in [0.2, 0.25) is 0 Å². The zero-order chi connectivity index (χ0) is 22.7. The van der Waals surface area contributed by atoms with Crippen LogP contribution in [0, 0.1) is 20.8 Å². The van der Waals surface area contributed by atoms with E-state index in [0.717, 1.165) is 22.6 Å². The average molecular weight is 447 g/mol. The molecule has 6 rings (SSSR count). The quantitative estimate of drug-likeness (QED) is 0.465. The number of hydrogen-bond acceptors (Lipinski definition) is 9. The molecule has 0 amide bonds. The molecule has 1 saturated heterocycles. The number of aromatic nitrogens is 7. The SMILES string of the molecule is Cc1cc(-c2nc(N3C[C@@H](C)O[C@H](c4cnn(C5CC5)c4)C3)nc3nc(C)c(C)nc23)on1. The van der Waals surface area contributed by atoms with E-state index >= 15 is 0 Å². The highest BCUT2D eigenvalue weighted by Gasteiger charge is 2.32. The molecule has 2 atom stereocenters. The predicted molar refractivity (Wildman–Crippen MR) is 121 cm³/mol. The Balaban J connectivity index is 1.41. The fourth-order valence-electron chi connectivity index (χ4n) is 4.25. The Labute approximate surface area is 191 Å². The molecule has 10 heteroatoms. The third-order valence-electron chi connectivity index (χ3n) is 6.25. The largest absolute Gasteiger partial charge is 0.367 e. The first kappa shape index (κ1) is 20.2. The van der Waals surface area contributed by atoms with Crippen molar-refractivity contribution < 1.29 is 9.26 Å². The number of aryl methyl sites for hydroxylation is 3. The molecule has 2 fully saturated rings. The van der Waals surface area contributed by atoms with Crippen LogP contribution in [0.4, 0.5) is 5.95 Å². The molecule has 0 spiro atoms. The Morgan fingerprint density at radius 3 is 2.58 bits per heavy atom.